The molecule has 3 rings (SSSR count). The van der Waals surface area contributed by atoms with Crippen LogP contribution in [0.5, 0.6) is 0 Å². The zero-order valence-corrected chi connectivity index (χ0v) is 13.2. The summed E-state index contributed by atoms with van der Waals surface area (Å²) in [5.74, 6) is 3.17. The van der Waals surface area contributed by atoms with Crippen LogP contribution in [0.3, 0.4) is 0 Å². The van der Waals surface area contributed by atoms with E-state index < -0.39 is 0 Å². The number of nitrogens with zero attached hydrogens (tertiary/aromatic N) is 3. The lowest BCUT2D eigenvalue weighted by atomic mass is 9.99. The zero-order valence-electron chi connectivity index (χ0n) is 13.2. The van der Waals surface area contributed by atoms with Crippen molar-refractivity contribution in [2.24, 2.45) is 13.0 Å². The van der Waals surface area contributed by atoms with E-state index in [9.17, 15) is 4.79 Å². The Balaban J connectivity index is 1.66. The van der Waals surface area contributed by atoms with Gasteiger partial charge < -0.3 is 19.2 Å². The van der Waals surface area contributed by atoms with Crippen molar-refractivity contribution in [3.63, 3.8) is 0 Å². The topological polar surface area (TPSA) is 63.3 Å². The minimum absolute atomic E-state index is 0.0262. The summed E-state index contributed by atoms with van der Waals surface area (Å²) in [4.78, 5) is 18.3. The van der Waals surface area contributed by atoms with E-state index in [0.29, 0.717) is 13.0 Å². The van der Waals surface area contributed by atoms with E-state index in [1.807, 2.05) is 48.8 Å². The van der Waals surface area contributed by atoms with E-state index in [0.717, 1.165) is 23.9 Å². The zero-order chi connectivity index (χ0) is 15.7. The second-order valence-corrected chi connectivity index (χ2v) is 5.95. The fourth-order valence-electron chi connectivity index (χ4n) is 3.14. The van der Waals surface area contributed by atoms with Gasteiger partial charge in [0.15, 0.2) is 0 Å². The van der Waals surface area contributed by atoms with Crippen molar-refractivity contribution in [1.29, 1.82) is 0 Å². The van der Waals surface area contributed by atoms with Crippen molar-refractivity contribution >= 4 is 5.91 Å². The predicted octanol–water partition coefficient (Wildman–Crippen LogP) is 1.63. The maximum Gasteiger partial charge on any atom is 0.223 e. The molecule has 1 fully saturated rings. The molecule has 1 aliphatic rings. The second-order valence-electron chi connectivity index (χ2n) is 5.95. The Morgan fingerprint density at radius 3 is 2.86 bits per heavy atom. The van der Waals surface area contributed by atoms with E-state index in [-0.39, 0.29) is 17.9 Å². The summed E-state index contributed by atoms with van der Waals surface area (Å²) < 4.78 is 7.54. The van der Waals surface area contributed by atoms with Crippen LogP contribution in [0.2, 0.25) is 0 Å². The van der Waals surface area contributed by atoms with Crippen molar-refractivity contribution in [2.45, 2.75) is 25.9 Å². The number of imidazole rings is 1. The fourth-order valence-corrected chi connectivity index (χ4v) is 3.14. The molecule has 0 spiro atoms. The van der Waals surface area contributed by atoms with Crippen LogP contribution in [0, 0.1) is 12.8 Å². The van der Waals surface area contributed by atoms with Gasteiger partial charge in [0.25, 0.3) is 0 Å². The smallest absolute Gasteiger partial charge is 0.223 e. The summed E-state index contributed by atoms with van der Waals surface area (Å²) in [6, 6.07) is 3.96. The highest BCUT2D eigenvalue weighted by Gasteiger charge is 2.40. The van der Waals surface area contributed by atoms with Gasteiger partial charge in [0.05, 0.1) is 12.6 Å². The van der Waals surface area contributed by atoms with Gasteiger partial charge in [-0.3, -0.25) is 4.79 Å². The number of hydrogen-bond acceptors (Lipinski definition) is 4. The molecule has 2 aromatic rings. The molecule has 2 atom stereocenters. The van der Waals surface area contributed by atoms with Gasteiger partial charge in [-0.1, -0.05) is 0 Å². The Bertz CT molecular complexity index is 661. The SMILES string of the molecule is Cc1ccc(CNC[C@@H]2CC(=O)N(C)[C@H]2c2nccn2C)o1. The average Bonchev–Trinajstić information content (AvgIpc) is 3.14. The number of likely N-dealkylation sites (tertiary alicyclic amines) is 1. The third-order valence-corrected chi connectivity index (χ3v) is 4.32. The summed E-state index contributed by atoms with van der Waals surface area (Å²) >= 11 is 0. The van der Waals surface area contributed by atoms with Gasteiger partial charge >= 0.3 is 0 Å². The van der Waals surface area contributed by atoms with Crippen LogP contribution >= 0.6 is 0 Å². The van der Waals surface area contributed by atoms with Crippen molar-refractivity contribution in [3.05, 3.63) is 41.9 Å². The number of hydrogen-bond donors (Lipinski definition) is 1. The van der Waals surface area contributed by atoms with E-state index in [1.54, 1.807) is 6.20 Å². The molecule has 0 unspecified atom stereocenters. The lowest BCUT2D eigenvalue weighted by Crippen LogP contribution is -2.30. The molecule has 118 valence electrons. The maximum atomic E-state index is 12.1. The number of aryl methyl sites for hydroxylation is 2. The molecule has 2 aromatic heterocycles. The van der Waals surface area contributed by atoms with Crippen molar-refractivity contribution < 1.29 is 9.21 Å². The van der Waals surface area contributed by atoms with Gasteiger partial charge in [-0.15, -0.1) is 0 Å². The normalized spacial score (nSPS) is 21.8. The molecule has 1 N–H and O–H groups in total. The van der Waals surface area contributed by atoms with Crippen molar-refractivity contribution in [2.75, 3.05) is 13.6 Å². The molecule has 0 saturated carbocycles. The van der Waals surface area contributed by atoms with Crippen molar-refractivity contribution in [3.8, 4) is 0 Å². The Hall–Kier alpha value is -2.08. The molecule has 1 amide bonds. The van der Waals surface area contributed by atoms with Gasteiger partial charge in [-0.2, -0.15) is 0 Å². The van der Waals surface area contributed by atoms with Crippen LogP contribution in [0.1, 0.15) is 29.8 Å². The summed E-state index contributed by atoms with van der Waals surface area (Å²) in [7, 11) is 3.83. The molecule has 0 bridgehead atoms. The third kappa shape index (κ3) is 2.78. The summed E-state index contributed by atoms with van der Waals surface area (Å²) in [5, 5.41) is 3.40. The van der Waals surface area contributed by atoms with Gasteiger partial charge in [0.1, 0.15) is 17.3 Å². The number of rotatable bonds is 5. The molecule has 0 aliphatic carbocycles. The molecule has 3 heterocycles. The van der Waals surface area contributed by atoms with Crippen LogP contribution in [0.4, 0.5) is 0 Å². The van der Waals surface area contributed by atoms with E-state index in [1.165, 1.54) is 0 Å². The Morgan fingerprint density at radius 1 is 1.41 bits per heavy atom. The first kappa shape index (κ1) is 14.8. The Morgan fingerprint density at radius 2 is 2.23 bits per heavy atom. The highest BCUT2D eigenvalue weighted by molar-refractivity contribution is 5.79. The first-order valence-electron chi connectivity index (χ1n) is 7.55. The Kier molecular flexibility index (Phi) is 4.02. The number of nitrogens with one attached hydrogen (secondary N) is 1. The average molecular weight is 302 g/mol. The van der Waals surface area contributed by atoms with Crippen molar-refractivity contribution in [1.82, 2.24) is 19.8 Å². The quantitative estimate of drug-likeness (QED) is 0.912. The van der Waals surface area contributed by atoms with Crippen LogP contribution < -0.4 is 5.32 Å². The van der Waals surface area contributed by atoms with Gasteiger partial charge in [-0.05, 0) is 19.1 Å². The monoisotopic (exact) mass is 302 g/mol. The lowest BCUT2D eigenvalue weighted by Gasteiger charge is -2.24. The van der Waals surface area contributed by atoms with Gasteiger partial charge in [0, 0.05) is 45.4 Å². The first-order valence-corrected chi connectivity index (χ1v) is 7.55. The fraction of sp³-hybridized carbons (Fsp3) is 0.500. The van der Waals surface area contributed by atoms with Crippen LogP contribution in [0.15, 0.2) is 28.9 Å². The second kappa shape index (κ2) is 5.96. The number of furan rings is 1. The van der Waals surface area contributed by atoms with E-state index in [2.05, 4.69) is 10.3 Å². The van der Waals surface area contributed by atoms with Crippen LogP contribution in [0.25, 0.3) is 0 Å². The number of carbonyl (C=O) groups excluding carboxylic acids is 1. The molecule has 0 aromatic carbocycles. The molecule has 1 saturated heterocycles. The lowest BCUT2D eigenvalue weighted by molar-refractivity contribution is -0.127. The molecule has 1 aliphatic heterocycles. The third-order valence-electron chi connectivity index (χ3n) is 4.32. The number of carbonyl (C=O) groups is 1. The minimum atomic E-state index is 0.0262. The highest BCUT2D eigenvalue weighted by atomic mass is 16.3. The maximum absolute atomic E-state index is 12.1. The first-order chi connectivity index (χ1) is 10.6. The van der Waals surface area contributed by atoms with Crippen LogP contribution in [-0.2, 0) is 18.4 Å². The molecule has 6 nitrogen and oxygen atoms in total. The van der Waals surface area contributed by atoms with Crippen LogP contribution in [-0.4, -0.2) is 34.0 Å². The standard InChI is InChI=1S/C16H22N4O2/c1-11-4-5-13(22-11)10-17-9-12-8-14(21)20(3)15(12)16-18-6-7-19(16)2/h4-7,12,15,17H,8-10H2,1-3H3/t12-,15+/m0/s1. The Labute approximate surface area is 130 Å². The molecule has 6 heteroatoms. The van der Waals surface area contributed by atoms with Gasteiger partial charge in [0.2, 0.25) is 5.91 Å². The molecule has 0 radical (unpaired) electrons. The highest BCUT2D eigenvalue weighted by Crippen LogP contribution is 2.35. The van der Waals surface area contributed by atoms with Gasteiger partial charge in [-0.25, -0.2) is 4.98 Å². The number of aromatic nitrogens is 2. The molecular weight excluding hydrogens is 280 g/mol. The minimum Gasteiger partial charge on any atom is -0.465 e. The molecular formula is C16H22N4O2. The predicted molar refractivity (Wildman–Crippen MR) is 82.0 cm³/mol. The largest absolute Gasteiger partial charge is 0.465 e. The summed E-state index contributed by atoms with van der Waals surface area (Å²) in [6.45, 7) is 3.37. The van der Waals surface area contributed by atoms with E-state index >= 15 is 0 Å². The number of amides is 1. The molecule has 22 heavy (non-hydrogen) atoms. The summed E-state index contributed by atoms with van der Waals surface area (Å²) in [5.41, 5.74) is 0. The van der Waals surface area contributed by atoms with E-state index in [4.69, 9.17) is 4.42 Å². The summed E-state index contributed by atoms with van der Waals surface area (Å²) in [6.07, 6.45) is 4.25.